The van der Waals surface area contributed by atoms with Crippen LogP contribution in [-0.2, 0) is 0 Å². The molecule has 0 aliphatic carbocycles. The summed E-state index contributed by atoms with van der Waals surface area (Å²) in [6, 6.07) is 77.8. The molecular formula is C57H36N4. The third kappa shape index (κ3) is 5.96. The lowest BCUT2D eigenvalue weighted by molar-refractivity contribution is 1.07. The van der Waals surface area contributed by atoms with Gasteiger partial charge in [-0.05, 0) is 91.5 Å². The second kappa shape index (κ2) is 14.3. The summed E-state index contributed by atoms with van der Waals surface area (Å²) in [5.74, 6) is 1.88. The van der Waals surface area contributed by atoms with Crippen LogP contribution in [0.25, 0.3) is 116 Å². The van der Waals surface area contributed by atoms with Crippen LogP contribution in [0.2, 0.25) is 0 Å². The van der Waals surface area contributed by atoms with Gasteiger partial charge in [-0.1, -0.05) is 176 Å². The first-order chi connectivity index (χ1) is 30.2. The van der Waals surface area contributed by atoms with Gasteiger partial charge in [-0.2, -0.15) is 0 Å². The molecule has 0 aliphatic heterocycles. The highest BCUT2D eigenvalue weighted by atomic mass is 15.0. The van der Waals surface area contributed by atoms with Gasteiger partial charge in [0.05, 0.1) is 16.7 Å². The molecule has 0 spiro atoms. The van der Waals surface area contributed by atoms with E-state index in [2.05, 4.69) is 205 Å². The number of rotatable bonds is 6. The lowest BCUT2D eigenvalue weighted by atomic mass is 9.96. The van der Waals surface area contributed by atoms with Crippen LogP contribution in [0.15, 0.2) is 218 Å². The predicted octanol–water partition coefficient (Wildman–Crippen LogP) is 14.8. The van der Waals surface area contributed by atoms with Crippen LogP contribution < -0.4 is 0 Å². The molecule has 0 saturated heterocycles. The van der Waals surface area contributed by atoms with E-state index >= 15 is 0 Å². The van der Waals surface area contributed by atoms with Crippen molar-refractivity contribution in [3.05, 3.63) is 218 Å². The van der Waals surface area contributed by atoms with Crippen molar-refractivity contribution in [1.82, 2.24) is 19.5 Å². The summed E-state index contributed by atoms with van der Waals surface area (Å²) in [5.41, 5.74) is 10.7. The summed E-state index contributed by atoms with van der Waals surface area (Å²) in [4.78, 5) is 15.6. The highest BCUT2D eigenvalue weighted by molar-refractivity contribution is 6.23. The molecular weight excluding hydrogens is 741 g/mol. The number of hydrogen-bond acceptors (Lipinski definition) is 3. The number of aromatic nitrogens is 4. The first kappa shape index (κ1) is 34.8. The maximum Gasteiger partial charge on any atom is 0.164 e. The molecule has 0 unspecified atom stereocenters. The predicted molar refractivity (Wildman–Crippen MR) is 254 cm³/mol. The van der Waals surface area contributed by atoms with Crippen molar-refractivity contribution in [1.29, 1.82) is 0 Å². The van der Waals surface area contributed by atoms with Gasteiger partial charge in [0.25, 0.3) is 0 Å². The topological polar surface area (TPSA) is 43.6 Å². The second-order valence-electron chi connectivity index (χ2n) is 15.6. The molecule has 10 aromatic carbocycles. The Morgan fingerprint density at radius 1 is 0.279 bits per heavy atom. The zero-order valence-corrected chi connectivity index (χ0v) is 33.1. The SMILES string of the molecule is c1ccc(-c2cccc(-c3cc(-c4nc(-c5ccccc5)nc(-c5cccc6ccccc56)n4)ccc3-n3c4cc5ccccc5cc4c4c5ccccc5ccc43)c2)cc1. The van der Waals surface area contributed by atoms with E-state index in [4.69, 9.17) is 15.0 Å². The summed E-state index contributed by atoms with van der Waals surface area (Å²) in [6.45, 7) is 0. The fourth-order valence-corrected chi connectivity index (χ4v) is 9.09. The molecule has 2 heterocycles. The lowest BCUT2D eigenvalue weighted by Gasteiger charge is -2.17. The molecule has 12 aromatic rings. The van der Waals surface area contributed by atoms with Gasteiger partial charge < -0.3 is 4.57 Å². The second-order valence-corrected chi connectivity index (χ2v) is 15.6. The minimum Gasteiger partial charge on any atom is -0.309 e. The Labute approximate surface area is 352 Å². The third-order valence-corrected chi connectivity index (χ3v) is 12.0. The molecule has 4 heteroatoms. The molecule has 0 bridgehead atoms. The molecule has 0 aliphatic rings. The maximum atomic E-state index is 5.28. The average Bonchev–Trinajstić information content (AvgIpc) is 3.66. The summed E-state index contributed by atoms with van der Waals surface area (Å²) in [6.07, 6.45) is 0. The number of nitrogens with zero attached hydrogens (tertiary/aromatic N) is 4. The number of fused-ring (bicyclic) bond motifs is 7. The van der Waals surface area contributed by atoms with Gasteiger partial charge in [-0.15, -0.1) is 0 Å². The first-order valence-electron chi connectivity index (χ1n) is 20.7. The smallest absolute Gasteiger partial charge is 0.164 e. The molecule has 2 aromatic heterocycles. The van der Waals surface area contributed by atoms with Gasteiger partial charge in [-0.3, -0.25) is 0 Å². The van der Waals surface area contributed by atoms with E-state index in [1.165, 1.54) is 37.9 Å². The Hall–Kier alpha value is -8.21. The number of hydrogen-bond donors (Lipinski definition) is 0. The molecule has 12 rings (SSSR count). The van der Waals surface area contributed by atoms with Crippen LogP contribution in [0.4, 0.5) is 0 Å². The van der Waals surface area contributed by atoms with Gasteiger partial charge in [0, 0.05) is 33.0 Å². The van der Waals surface area contributed by atoms with Gasteiger partial charge in [-0.25, -0.2) is 15.0 Å². The number of benzene rings is 10. The van der Waals surface area contributed by atoms with E-state index in [1.807, 2.05) is 18.2 Å². The van der Waals surface area contributed by atoms with Crippen LogP contribution in [0.5, 0.6) is 0 Å². The Balaban J connectivity index is 1.15. The molecule has 0 saturated carbocycles. The summed E-state index contributed by atoms with van der Waals surface area (Å²) in [7, 11) is 0. The minimum absolute atomic E-state index is 0.614. The van der Waals surface area contributed by atoms with Crippen molar-refractivity contribution in [2.24, 2.45) is 0 Å². The van der Waals surface area contributed by atoms with Gasteiger partial charge in [0.15, 0.2) is 17.5 Å². The highest BCUT2D eigenvalue weighted by Gasteiger charge is 2.21. The van der Waals surface area contributed by atoms with Crippen LogP contribution in [0.1, 0.15) is 0 Å². The van der Waals surface area contributed by atoms with E-state index in [1.54, 1.807) is 0 Å². The summed E-state index contributed by atoms with van der Waals surface area (Å²) < 4.78 is 2.46. The zero-order valence-electron chi connectivity index (χ0n) is 33.1. The van der Waals surface area contributed by atoms with Gasteiger partial charge >= 0.3 is 0 Å². The minimum atomic E-state index is 0.614. The molecule has 4 nitrogen and oxygen atoms in total. The van der Waals surface area contributed by atoms with Crippen molar-refractivity contribution in [2.45, 2.75) is 0 Å². The highest BCUT2D eigenvalue weighted by Crippen LogP contribution is 2.42. The van der Waals surface area contributed by atoms with Crippen LogP contribution in [0, 0.1) is 0 Å². The summed E-state index contributed by atoms with van der Waals surface area (Å²) in [5, 5.41) is 9.59. The van der Waals surface area contributed by atoms with Crippen LogP contribution in [-0.4, -0.2) is 19.5 Å². The monoisotopic (exact) mass is 776 g/mol. The Morgan fingerprint density at radius 3 is 1.64 bits per heavy atom. The first-order valence-corrected chi connectivity index (χ1v) is 20.7. The molecule has 0 atom stereocenters. The molecule has 0 amide bonds. The van der Waals surface area contributed by atoms with Crippen molar-refractivity contribution < 1.29 is 0 Å². The van der Waals surface area contributed by atoms with E-state index in [-0.39, 0.29) is 0 Å². The Kier molecular flexibility index (Phi) is 8.13. The van der Waals surface area contributed by atoms with Gasteiger partial charge in [0.2, 0.25) is 0 Å². The van der Waals surface area contributed by atoms with Crippen molar-refractivity contribution >= 4 is 54.1 Å². The van der Waals surface area contributed by atoms with E-state index in [0.717, 1.165) is 60.9 Å². The molecule has 0 radical (unpaired) electrons. The Morgan fingerprint density at radius 2 is 0.852 bits per heavy atom. The zero-order chi connectivity index (χ0) is 40.3. The molecule has 0 N–H and O–H groups in total. The summed E-state index contributed by atoms with van der Waals surface area (Å²) >= 11 is 0. The average molecular weight is 777 g/mol. The molecule has 61 heavy (non-hydrogen) atoms. The normalized spacial score (nSPS) is 11.6. The Bertz CT molecular complexity index is 3640. The van der Waals surface area contributed by atoms with E-state index in [9.17, 15) is 0 Å². The quantitative estimate of drug-likeness (QED) is 0.169. The van der Waals surface area contributed by atoms with Crippen molar-refractivity contribution in [2.75, 3.05) is 0 Å². The lowest BCUT2D eigenvalue weighted by Crippen LogP contribution is -2.02. The van der Waals surface area contributed by atoms with Crippen molar-refractivity contribution in [3.63, 3.8) is 0 Å². The fraction of sp³-hybridized carbons (Fsp3) is 0. The van der Waals surface area contributed by atoms with Gasteiger partial charge in [0.1, 0.15) is 0 Å². The maximum absolute atomic E-state index is 5.28. The molecule has 0 fully saturated rings. The molecule has 284 valence electrons. The van der Waals surface area contributed by atoms with Crippen LogP contribution in [0.3, 0.4) is 0 Å². The largest absolute Gasteiger partial charge is 0.309 e. The van der Waals surface area contributed by atoms with E-state index in [0.29, 0.717) is 17.5 Å². The van der Waals surface area contributed by atoms with Crippen LogP contribution >= 0.6 is 0 Å². The standard InChI is InChI=1S/C57H36N4/c1-3-15-37(16-4-1)41-24-13-25-44(33-41)49-35-45(56-58-55(40-19-5-2-6-20-40)59-57(60-56)48-28-14-23-38-17-9-11-26-46(38)48)30-31-51(49)61-52-32-29-39-18-10-12-27-47(39)54(52)50-34-42-21-7-8-22-43(42)36-53(50)61/h1-36H. The van der Waals surface area contributed by atoms with E-state index < -0.39 is 0 Å². The fourth-order valence-electron chi connectivity index (χ4n) is 9.09. The van der Waals surface area contributed by atoms with Crippen molar-refractivity contribution in [3.8, 4) is 62.1 Å². The third-order valence-electron chi connectivity index (χ3n) is 12.0.